The Kier molecular flexibility index (Phi) is 3.36. The molecular weight excluding hydrogens is 262 g/mol. The maximum Gasteiger partial charge on any atom is 0.153 e. The molecule has 4 heteroatoms. The first-order chi connectivity index (χ1) is 10.2. The van der Waals surface area contributed by atoms with Gasteiger partial charge in [-0.3, -0.25) is 4.79 Å². The predicted molar refractivity (Wildman–Crippen MR) is 81.7 cm³/mol. The van der Waals surface area contributed by atoms with Gasteiger partial charge in [0.15, 0.2) is 12.1 Å². The predicted octanol–water partition coefficient (Wildman–Crippen LogP) is 3.36. The number of aldehydes is 1. The molecule has 21 heavy (non-hydrogen) atoms. The van der Waals surface area contributed by atoms with Gasteiger partial charge in [-0.2, -0.15) is 5.10 Å². The molecule has 0 aliphatic heterocycles. The third-order valence-corrected chi connectivity index (χ3v) is 3.33. The second kappa shape index (κ2) is 5.32. The lowest BCUT2D eigenvalue weighted by Gasteiger charge is -2.01. The van der Waals surface area contributed by atoms with Crippen molar-refractivity contribution in [3.8, 4) is 17.1 Å². The lowest BCUT2D eigenvalue weighted by atomic mass is 10.1. The summed E-state index contributed by atoms with van der Waals surface area (Å²) in [6.07, 6.45) is 4.27. The quantitative estimate of drug-likeness (QED) is 0.690. The van der Waals surface area contributed by atoms with Crippen molar-refractivity contribution in [2.75, 3.05) is 0 Å². The molecule has 0 amide bonds. The molecule has 3 rings (SSSR count). The van der Waals surface area contributed by atoms with Crippen molar-refractivity contribution in [2.45, 2.75) is 13.8 Å². The van der Waals surface area contributed by atoms with Gasteiger partial charge in [0.1, 0.15) is 5.69 Å². The zero-order chi connectivity index (χ0) is 14.8. The van der Waals surface area contributed by atoms with E-state index in [9.17, 15) is 4.79 Å². The van der Waals surface area contributed by atoms with Crippen molar-refractivity contribution < 1.29 is 4.79 Å². The maximum atomic E-state index is 11.3. The molecule has 0 fully saturated rings. The summed E-state index contributed by atoms with van der Waals surface area (Å²) in [6, 6.07) is 11.8. The molecule has 0 spiro atoms. The minimum Gasteiger partial charge on any atom is -0.298 e. The first kappa shape index (κ1) is 13.2. The Balaban J connectivity index is 2.10. The standard InChI is InChI=1S/C17H15N3O/c1-12-3-5-14(6-4-12)17-15(11-21)10-20(19-17)16-9-13(2)7-8-18-16/h3-11H,1-2H3. The van der Waals surface area contributed by atoms with Crippen LogP contribution < -0.4 is 0 Å². The molecule has 0 unspecified atom stereocenters. The second-order valence-electron chi connectivity index (χ2n) is 5.05. The van der Waals surface area contributed by atoms with Crippen LogP contribution in [0.15, 0.2) is 48.8 Å². The lowest BCUT2D eigenvalue weighted by Crippen LogP contribution is -1.98. The lowest BCUT2D eigenvalue weighted by molar-refractivity contribution is 0.112. The summed E-state index contributed by atoms with van der Waals surface area (Å²) in [7, 11) is 0. The van der Waals surface area contributed by atoms with E-state index in [1.807, 2.05) is 50.2 Å². The summed E-state index contributed by atoms with van der Waals surface area (Å²) in [5.74, 6) is 0.705. The van der Waals surface area contributed by atoms with Crippen LogP contribution in [0.5, 0.6) is 0 Å². The average molecular weight is 277 g/mol. The van der Waals surface area contributed by atoms with Crippen molar-refractivity contribution in [3.05, 3.63) is 65.5 Å². The van der Waals surface area contributed by atoms with Crippen LogP contribution in [0.2, 0.25) is 0 Å². The fraction of sp³-hybridized carbons (Fsp3) is 0.118. The largest absolute Gasteiger partial charge is 0.298 e. The molecular formula is C17H15N3O. The van der Waals surface area contributed by atoms with Crippen LogP contribution in [0.25, 0.3) is 17.1 Å². The van der Waals surface area contributed by atoms with Gasteiger partial charge in [-0.15, -0.1) is 0 Å². The topological polar surface area (TPSA) is 47.8 Å². The molecule has 0 N–H and O–H groups in total. The Hall–Kier alpha value is -2.75. The summed E-state index contributed by atoms with van der Waals surface area (Å²) in [4.78, 5) is 15.6. The van der Waals surface area contributed by atoms with Crippen molar-refractivity contribution in [2.24, 2.45) is 0 Å². The average Bonchev–Trinajstić information content (AvgIpc) is 2.92. The molecule has 0 aliphatic carbocycles. The SMILES string of the molecule is Cc1ccc(-c2nn(-c3cc(C)ccn3)cc2C=O)cc1. The maximum absolute atomic E-state index is 11.3. The van der Waals surface area contributed by atoms with Crippen LogP contribution >= 0.6 is 0 Å². The number of pyridine rings is 1. The summed E-state index contributed by atoms with van der Waals surface area (Å²) < 4.78 is 1.64. The molecule has 4 nitrogen and oxygen atoms in total. The van der Waals surface area contributed by atoms with Crippen LogP contribution in [-0.2, 0) is 0 Å². The molecule has 0 aliphatic rings. The van der Waals surface area contributed by atoms with E-state index in [-0.39, 0.29) is 0 Å². The normalized spacial score (nSPS) is 10.6. The Morgan fingerprint density at radius 3 is 2.48 bits per heavy atom. The monoisotopic (exact) mass is 277 g/mol. The summed E-state index contributed by atoms with van der Waals surface area (Å²) >= 11 is 0. The second-order valence-corrected chi connectivity index (χ2v) is 5.05. The first-order valence-corrected chi connectivity index (χ1v) is 6.72. The van der Waals surface area contributed by atoms with Crippen molar-refractivity contribution in [1.29, 1.82) is 0 Å². The van der Waals surface area contributed by atoms with Crippen LogP contribution in [0.4, 0.5) is 0 Å². The van der Waals surface area contributed by atoms with Gasteiger partial charge in [0.25, 0.3) is 0 Å². The Morgan fingerprint density at radius 2 is 1.81 bits per heavy atom. The molecule has 104 valence electrons. The van der Waals surface area contributed by atoms with E-state index in [4.69, 9.17) is 0 Å². The van der Waals surface area contributed by atoms with E-state index in [1.54, 1.807) is 17.1 Å². The highest BCUT2D eigenvalue weighted by Gasteiger charge is 2.12. The summed E-state index contributed by atoms with van der Waals surface area (Å²) in [5, 5.41) is 4.52. The molecule has 0 saturated heterocycles. The van der Waals surface area contributed by atoms with Crippen molar-refractivity contribution >= 4 is 6.29 Å². The van der Waals surface area contributed by atoms with E-state index < -0.39 is 0 Å². The zero-order valence-corrected chi connectivity index (χ0v) is 11.9. The van der Waals surface area contributed by atoms with Crippen molar-refractivity contribution in [3.63, 3.8) is 0 Å². The van der Waals surface area contributed by atoms with Crippen LogP contribution in [0, 0.1) is 13.8 Å². The minimum atomic E-state index is 0.558. The number of aromatic nitrogens is 3. The first-order valence-electron chi connectivity index (χ1n) is 6.72. The fourth-order valence-electron chi connectivity index (χ4n) is 2.17. The number of carbonyl (C=O) groups is 1. The number of benzene rings is 1. The Bertz CT molecular complexity index is 788. The highest BCUT2D eigenvalue weighted by Crippen LogP contribution is 2.22. The fourth-order valence-corrected chi connectivity index (χ4v) is 2.17. The van der Waals surface area contributed by atoms with Gasteiger partial charge in [0.2, 0.25) is 0 Å². The van der Waals surface area contributed by atoms with E-state index in [1.165, 1.54) is 5.56 Å². The number of hydrogen-bond donors (Lipinski definition) is 0. The third-order valence-electron chi connectivity index (χ3n) is 3.33. The molecule has 3 aromatic rings. The smallest absolute Gasteiger partial charge is 0.153 e. The van der Waals surface area contributed by atoms with Gasteiger partial charge >= 0.3 is 0 Å². The van der Waals surface area contributed by atoms with Gasteiger partial charge in [-0.05, 0) is 31.5 Å². The highest BCUT2D eigenvalue weighted by atomic mass is 16.1. The van der Waals surface area contributed by atoms with Gasteiger partial charge in [-0.1, -0.05) is 29.8 Å². The van der Waals surface area contributed by atoms with E-state index in [0.29, 0.717) is 17.1 Å². The van der Waals surface area contributed by atoms with Gasteiger partial charge in [0.05, 0.1) is 5.56 Å². The molecule has 2 aromatic heterocycles. The van der Waals surface area contributed by atoms with Crippen LogP contribution in [-0.4, -0.2) is 21.1 Å². The minimum absolute atomic E-state index is 0.558. The third kappa shape index (κ3) is 2.60. The summed E-state index contributed by atoms with van der Waals surface area (Å²) in [5.41, 5.74) is 4.43. The Morgan fingerprint density at radius 1 is 1.05 bits per heavy atom. The van der Waals surface area contributed by atoms with E-state index in [2.05, 4.69) is 10.1 Å². The molecule has 0 saturated carbocycles. The number of aryl methyl sites for hydroxylation is 2. The highest BCUT2D eigenvalue weighted by molar-refractivity contribution is 5.85. The summed E-state index contributed by atoms with van der Waals surface area (Å²) in [6.45, 7) is 4.02. The Labute approximate surface area is 123 Å². The molecule has 2 heterocycles. The van der Waals surface area contributed by atoms with E-state index in [0.717, 1.165) is 17.4 Å². The number of hydrogen-bond acceptors (Lipinski definition) is 3. The van der Waals surface area contributed by atoms with E-state index >= 15 is 0 Å². The molecule has 0 bridgehead atoms. The number of carbonyl (C=O) groups excluding carboxylic acids is 1. The van der Waals surface area contributed by atoms with Gasteiger partial charge in [-0.25, -0.2) is 9.67 Å². The molecule has 1 aromatic carbocycles. The number of nitrogens with zero attached hydrogens (tertiary/aromatic N) is 3. The molecule has 0 atom stereocenters. The molecule has 0 radical (unpaired) electrons. The zero-order valence-electron chi connectivity index (χ0n) is 11.9. The number of rotatable bonds is 3. The van der Waals surface area contributed by atoms with Crippen molar-refractivity contribution in [1.82, 2.24) is 14.8 Å². The van der Waals surface area contributed by atoms with Gasteiger partial charge < -0.3 is 0 Å². The van der Waals surface area contributed by atoms with Gasteiger partial charge in [0, 0.05) is 18.0 Å². The van der Waals surface area contributed by atoms with Crippen LogP contribution in [0.3, 0.4) is 0 Å². The van der Waals surface area contributed by atoms with Crippen LogP contribution in [0.1, 0.15) is 21.5 Å².